The summed E-state index contributed by atoms with van der Waals surface area (Å²) in [6, 6.07) is 9.32. The Hall–Kier alpha value is -2.71. The highest BCUT2D eigenvalue weighted by Gasteiger charge is 2.15. The molecule has 2 aromatic rings. The third-order valence-electron chi connectivity index (χ3n) is 3.92. The second kappa shape index (κ2) is 11.2. The molecule has 7 nitrogen and oxygen atoms in total. The maximum absolute atomic E-state index is 13.1. The molecule has 0 radical (unpaired) electrons. The van der Waals surface area contributed by atoms with E-state index in [9.17, 15) is 9.18 Å². The molecule has 1 aromatic heterocycles. The molecule has 0 aliphatic heterocycles. The molecule has 1 N–H and O–H groups in total. The SMILES string of the molecule is COCCOc1ccc(NC(=O)N(CCN(C)C)Cc2ccc(F)cc2)cn1. The van der Waals surface area contributed by atoms with Gasteiger partial charge in [-0.25, -0.2) is 14.2 Å². The van der Waals surface area contributed by atoms with Crippen LogP contribution in [-0.2, 0) is 11.3 Å². The lowest BCUT2D eigenvalue weighted by Crippen LogP contribution is -2.39. The number of halogens is 1. The van der Waals surface area contributed by atoms with Crippen LogP contribution in [0.25, 0.3) is 0 Å². The van der Waals surface area contributed by atoms with Crippen LogP contribution >= 0.6 is 0 Å². The summed E-state index contributed by atoms with van der Waals surface area (Å²) in [5.74, 6) is 0.165. The molecule has 0 aliphatic rings. The number of hydrogen-bond donors (Lipinski definition) is 1. The van der Waals surface area contributed by atoms with Crippen molar-refractivity contribution in [2.75, 3.05) is 52.8 Å². The van der Waals surface area contributed by atoms with Gasteiger partial charge in [-0.05, 0) is 37.9 Å². The first-order chi connectivity index (χ1) is 13.5. The molecule has 0 spiro atoms. The summed E-state index contributed by atoms with van der Waals surface area (Å²) in [4.78, 5) is 20.6. The minimum atomic E-state index is -0.299. The Morgan fingerprint density at radius 2 is 1.86 bits per heavy atom. The normalized spacial score (nSPS) is 10.8. The third kappa shape index (κ3) is 7.50. The largest absolute Gasteiger partial charge is 0.475 e. The van der Waals surface area contributed by atoms with Crippen LogP contribution in [-0.4, -0.2) is 68.3 Å². The van der Waals surface area contributed by atoms with Gasteiger partial charge in [-0.2, -0.15) is 0 Å². The lowest BCUT2D eigenvalue weighted by Gasteiger charge is -2.25. The van der Waals surface area contributed by atoms with Gasteiger partial charge in [-0.3, -0.25) is 0 Å². The van der Waals surface area contributed by atoms with E-state index in [4.69, 9.17) is 9.47 Å². The zero-order valence-electron chi connectivity index (χ0n) is 16.5. The Balaban J connectivity index is 1.99. The van der Waals surface area contributed by atoms with Gasteiger partial charge >= 0.3 is 6.03 Å². The van der Waals surface area contributed by atoms with Gasteiger partial charge < -0.3 is 24.6 Å². The average molecular weight is 390 g/mol. The fraction of sp³-hybridized carbons (Fsp3) is 0.400. The number of urea groups is 1. The van der Waals surface area contributed by atoms with Crippen molar-refractivity contribution in [3.8, 4) is 5.88 Å². The molecule has 0 bridgehead atoms. The predicted octanol–water partition coefficient (Wildman–Crippen LogP) is 2.84. The second-order valence-electron chi connectivity index (χ2n) is 6.51. The average Bonchev–Trinajstić information content (AvgIpc) is 2.68. The van der Waals surface area contributed by atoms with Crippen LogP contribution in [0.2, 0.25) is 0 Å². The van der Waals surface area contributed by atoms with Crippen LogP contribution in [0, 0.1) is 5.82 Å². The highest BCUT2D eigenvalue weighted by Crippen LogP contribution is 2.14. The van der Waals surface area contributed by atoms with Crippen LogP contribution < -0.4 is 10.1 Å². The Kier molecular flexibility index (Phi) is 8.64. The Morgan fingerprint density at radius 3 is 2.46 bits per heavy atom. The van der Waals surface area contributed by atoms with Crippen molar-refractivity contribution in [3.05, 3.63) is 54.0 Å². The topological polar surface area (TPSA) is 66.9 Å². The van der Waals surface area contributed by atoms with Crippen molar-refractivity contribution in [2.24, 2.45) is 0 Å². The van der Waals surface area contributed by atoms with Crippen molar-refractivity contribution in [1.29, 1.82) is 0 Å². The Morgan fingerprint density at radius 1 is 1.11 bits per heavy atom. The molecular weight excluding hydrogens is 363 g/mol. The Labute approximate surface area is 165 Å². The minimum Gasteiger partial charge on any atom is -0.475 e. The molecular formula is C20H27FN4O3. The molecule has 0 atom stereocenters. The number of pyridine rings is 1. The molecule has 152 valence electrons. The number of nitrogens with one attached hydrogen (secondary N) is 1. The number of amides is 2. The van der Waals surface area contributed by atoms with E-state index in [-0.39, 0.29) is 11.8 Å². The van der Waals surface area contributed by atoms with Crippen molar-refractivity contribution in [1.82, 2.24) is 14.8 Å². The second-order valence-corrected chi connectivity index (χ2v) is 6.51. The zero-order chi connectivity index (χ0) is 20.4. The number of anilines is 1. The van der Waals surface area contributed by atoms with Crippen LogP contribution in [0.4, 0.5) is 14.9 Å². The number of rotatable bonds is 10. The number of benzene rings is 1. The molecule has 0 fully saturated rings. The maximum atomic E-state index is 13.1. The standard InChI is InChI=1S/C20H27FN4O3/c1-24(2)10-11-25(15-16-4-6-17(21)7-5-16)20(26)23-18-8-9-19(22-14-18)28-13-12-27-3/h4-9,14H,10-13,15H2,1-3H3,(H,23,26). The highest BCUT2D eigenvalue weighted by molar-refractivity contribution is 5.89. The molecule has 2 amide bonds. The van der Waals surface area contributed by atoms with Gasteiger partial charge in [-0.15, -0.1) is 0 Å². The summed E-state index contributed by atoms with van der Waals surface area (Å²) in [5, 5.41) is 2.84. The van der Waals surface area contributed by atoms with Crippen LogP contribution in [0.1, 0.15) is 5.56 Å². The van der Waals surface area contributed by atoms with E-state index >= 15 is 0 Å². The molecule has 0 saturated heterocycles. The van der Waals surface area contributed by atoms with E-state index in [1.807, 2.05) is 19.0 Å². The van der Waals surface area contributed by atoms with E-state index in [1.165, 1.54) is 12.1 Å². The van der Waals surface area contributed by atoms with Gasteiger partial charge in [0.15, 0.2) is 0 Å². The van der Waals surface area contributed by atoms with Gasteiger partial charge in [0.05, 0.1) is 18.5 Å². The number of nitrogens with zero attached hydrogens (tertiary/aromatic N) is 3. The lowest BCUT2D eigenvalue weighted by molar-refractivity contribution is 0.144. The molecule has 0 saturated carbocycles. The fourth-order valence-corrected chi connectivity index (χ4v) is 2.36. The summed E-state index contributed by atoms with van der Waals surface area (Å²) in [6.45, 7) is 2.50. The van der Waals surface area contributed by atoms with Gasteiger partial charge in [0, 0.05) is 32.8 Å². The maximum Gasteiger partial charge on any atom is 0.322 e. The zero-order valence-corrected chi connectivity index (χ0v) is 16.5. The Bertz CT molecular complexity index is 723. The molecule has 0 unspecified atom stereocenters. The van der Waals surface area contributed by atoms with Crippen LogP contribution in [0.15, 0.2) is 42.6 Å². The van der Waals surface area contributed by atoms with Gasteiger partial charge in [0.1, 0.15) is 12.4 Å². The van der Waals surface area contributed by atoms with E-state index in [0.717, 1.165) is 5.56 Å². The van der Waals surface area contributed by atoms with Gasteiger partial charge in [-0.1, -0.05) is 12.1 Å². The molecule has 0 aliphatic carbocycles. The third-order valence-corrected chi connectivity index (χ3v) is 3.92. The summed E-state index contributed by atoms with van der Waals surface area (Å²) in [7, 11) is 5.49. The number of methoxy groups -OCH3 is 1. The van der Waals surface area contributed by atoms with Crippen LogP contribution in [0.3, 0.4) is 0 Å². The number of likely N-dealkylation sites (N-methyl/N-ethyl adjacent to an activating group) is 1. The molecule has 28 heavy (non-hydrogen) atoms. The predicted molar refractivity (Wildman–Crippen MR) is 106 cm³/mol. The van der Waals surface area contributed by atoms with Crippen molar-refractivity contribution < 1.29 is 18.7 Å². The summed E-state index contributed by atoms with van der Waals surface area (Å²) in [5.41, 5.74) is 1.42. The first-order valence-electron chi connectivity index (χ1n) is 9.01. The van der Waals surface area contributed by atoms with Crippen molar-refractivity contribution in [2.45, 2.75) is 6.54 Å². The number of carbonyl (C=O) groups excluding carboxylic acids is 1. The summed E-state index contributed by atoms with van der Waals surface area (Å²) < 4.78 is 23.5. The smallest absolute Gasteiger partial charge is 0.322 e. The molecule has 1 heterocycles. The summed E-state index contributed by atoms with van der Waals surface area (Å²) in [6.07, 6.45) is 1.54. The van der Waals surface area contributed by atoms with E-state index in [2.05, 4.69) is 10.3 Å². The molecule has 8 heteroatoms. The van der Waals surface area contributed by atoms with E-state index < -0.39 is 0 Å². The van der Waals surface area contributed by atoms with E-state index in [1.54, 1.807) is 42.5 Å². The molecule has 1 aromatic carbocycles. The lowest BCUT2D eigenvalue weighted by atomic mass is 10.2. The number of hydrogen-bond acceptors (Lipinski definition) is 5. The van der Waals surface area contributed by atoms with E-state index in [0.29, 0.717) is 44.4 Å². The highest BCUT2D eigenvalue weighted by atomic mass is 19.1. The van der Waals surface area contributed by atoms with Gasteiger partial charge in [0.25, 0.3) is 0 Å². The molecule has 2 rings (SSSR count). The first kappa shape index (κ1) is 21.6. The number of ether oxygens (including phenoxy) is 2. The quantitative estimate of drug-likeness (QED) is 0.632. The summed E-state index contributed by atoms with van der Waals surface area (Å²) >= 11 is 0. The monoisotopic (exact) mass is 390 g/mol. The van der Waals surface area contributed by atoms with Gasteiger partial charge in [0.2, 0.25) is 5.88 Å². The fourth-order valence-electron chi connectivity index (χ4n) is 2.36. The van der Waals surface area contributed by atoms with Crippen molar-refractivity contribution in [3.63, 3.8) is 0 Å². The number of carbonyl (C=O) groups is 1. The van der Waals surface area contributed by atoms with Crippen molar-refractivity contribution >= 4 is 11.7 Å². The minimum absolute atomic E-state index is 0.249. The van der Waals surface area contributed by atoms with Crippen LogP contribution in [0.5, 0.6) is 5.88 Å². The first-order valence-corrected chi connectivity index (χ1v) is 9.01. The number of aromatic nitrogens is 1.